The molecule has 0 bridgehead atoms. The van der Waals surface area contributed by atoms with Gasteiger partial charge in [0.05, 0.1) is 6.04 Å². The summed E-state index contributed by atoms with van der Waals surface area (Å²) in [6.45, 7) is 1.39. The molecule has 2 aliphatic rings. The van der Waals surface area contributed by atoms with Crippen molar-refractivity contribution in [1.82, 2.24) is 15.3 Å². The topological polar surface area (TPSA) is 100 Å². The standard InChI is InChI=1S/C22H25F2N5O2S/c1-22(23,24)21-26-14-17(20(29-21)31-16-6-3-2-4-7-16)19(30)28-18(15-8-9-15)10-13-32(25)12-5-11-27-32/h2-4,6-7,10,13-15,18,25H,5,8-9,11-12H2,1H3,(H,28,30)/b13-10+. The van der Waals surface area contributed by atoms with E-state index in [0.717, 1.165) is 31.2 Å². The molecule has 1 amide bonds. The summed E-state index contributed by atoms with van der Waals surface area (Å²) in [6, 6.07) is 8.26. The van der Waals surface area contributed by atoms with Crippen LogP contribution in [0.25, 0.3) is 0 Å². The van der Waals surface area contributed by atoms with E-state index >= 15 is 0 Å². The van der Waals surface area contributed by atoms with Gasteiger partial charge in [0, 0.05) is 25.4 Å². The number of nitrogens with zero attached hydrogens (tertiary/aromatic N) is 3. The first-order valence-electron chi connectivity index (χ1n) is 10.5. The molecule has 32 heavy (non-hydrogen) atoms. The van der Waals surface area contributed by atoms with Gasteiger partial charge in [0.15, 0.2) is 0 Å². The Morgan fingerprint density at radius 3 is 2.72 bits per heavy atom. The second-order valence-electron chi connectivity index (χ2n) is 8.05. The number of halogens is 2. The van der Waals surface area contributed by atoms with Crippen molar-refractivity contribution in [2.24, 2.45) is 10.3 Å². The van der Waals surface area contributed by atoms with Gasteiger partial charge < -0.3 is 10.1 Å². The molecule has 0 spiro atoms. The van der Waals surface area contributed by atoms with E-state index in [1.807, 2.05) is 11.5 Å². The molecule has 2 aromatic rings. The van der Waals surface area contributed by atoms with Crippen LogP contribution in [-0.2, 0) is 15.5 Å². The van der Waals surface area contributed by atoms with Gasteiger partial charge in [-0.3, -0.25) is 13.9 Å². The molecule has 1 saturated carbocycles. The first kappa shape index (κ1) is 22.3. The number of ether oxygens (including phenoxy) is 1. The van der Waals surface area contributed by atoms with Crippen molar-refractivity contribution < 1.29 is 18.3 Å². The van der Waals surface area contributed by atoms with Crippen LogP contribution in [0.15, 0.2) is 52.4 Å². The van der Waals surface area contributed by atoms with E-state index in [9.17, 15) is 13.6 Å². The number of hydrogen-bond donors (Lipinski definition) is 2. The normalized spacial score (nSPS) is 21.8. The molecule has 1 aromatic heterocycles. The van der Waals surface area contributed by atoms with Crippen LogP contribution in [0.5, 0.6) is 11.6 Å². The van der Waals surface area contributed by atoms with E-state index in [2.05, 4.69) is 19.6 Å². The number of rotatable bonds is 8. The Hall–Kier alpha value is -2.88. The lowest BCUT2D eigenvalue weighted by molar-refractivity contribution is 0.00707. The van der Waals surface area contributed by atoms with E-state index < -0.39 is 27.3 Å². The third-order valence-electron chi connectivity index (χ3n) is 5.22. The van der Waals surface area contributed by atoms with Crippen molar-refractivity contribution in [3.63, 3.8) is 0 Å². The second-order valence-corrected chi connectivity index (χ2v) is 10.5. The van der Waals surface area contributed by atoms with Gasteiger partial charge >= 0.3 is 5.92 Å². The van der Waals surface area contributed by atoms with Crippen LogP contribution in [-0.4, -0.2) is 34.2 Å². The zero-order chi connectivity index (χ0) is 22.8. The molecular weight excluding hydrogens is 436 g/mol. The summed E-state index contributed by atoms with van der Waals surface area (Å²) < 4.78 is 46.1. The number of benzene rings is 1. The van der Waals surface area contributed by atoms with Crippen LogP contribution in [0, 0.1) is 10.7 Å². The molecular formula is C22H25F2N5O2S. The summed E-state index contributed by atoms with van der Waals surface area (Å²) in [4.78, 5) is 20.6. The molecule has 1 aromatic carbocycles. The molecule has 2 heterocycles. The highest BCUT2D eigenvalue weighted by Gasteiger charge is 2.33. The molecule has 7 nitrogen and oxygen atoms in total. The highest BCUT2D eigenvalue weighted by atomic mass is 32.2. The van der Waals surface area contributed by atoms with Gasteiger partial charge in [0.1, 0.15) is 11.3 Å². The SMILES string of the molecule is CC(F)(F)c1ncc(C(=O)NC(/C=C/S2(=N)=NCCC2)C2CC2)c(Oc2ccccc2)n1. The summed E-state index contributed by atoms with van der Waals surface area (Å²) in [5.74, 6) is -3.36. The lowest BCUT2D eigenvalue weighted by atomic mass is 10.1. The Morgan fingerprint density at radius 2 is 2.09 bits per heavy atom. The van der Waals surface area contributed by atoms with E-state index in [1.54, 1.807) is 30.3 Å². The molecule has 2 unspecified atom stereocenters. The minimum atomic E-state index is -3.28. The van der Waals surface area contributed by atoms with Crippen molar-refractivity contribution in [3.8, 4) is 11.6 Å². The third-order valence-corrected chi connectivity index (χ3v) is 7.38. The zero-order valence-corrected chi connectivity index (χ0v) is 18.4. The average molecular weight is 462 g/mol. The van der Waals surface area contributed by atoms with Crippen molar-refractivity contribution in [1.29, 1.82) is 4.78 Å². The number of hydrogen-bond acceptors (Lipinski definition) is 6. The van der Waals surface area contributed by atoms with Crippen LogP contribution in [0.3, 0.4) is 0 Å². The quantitative estimate of drug-likeness (QED) is 0.583. The van der Waals surface area contributed by atoms with Crippen molar-refractivity contribution >= 4 is 15.5 Å². The summed E-state index contributed by atoms with van der Waals surface area (Å²) >= 11 is 0. The summed E-state index contributed by atoms with van der Waals surface area (Å²) in [6.07, 6.45) is 5.79. The predicted octanol–water partition coefficient (Wildman–Crippen LogP) is 4.91. The molecule has 1 fully saturated rings. The minimum absolute atomic E-state index is 0.0283. The lowest BCUT2D eigenvalue weighted by Crippen LogP contribution is -2.35. The van der Waals surface area contributed by atoms with Gasteiger partial charge in [-0.25, -0.2) is 4.98 Å². The Labute approximate surface area is 185 Å². The van der Waals surface area contributed by atoms with Crippen LogP contribution in [0.2, 0.25) is 0 Å². The summed E-state index contributed by atoms with van der Waals surface area (Å²) in [5, 5.41) is 4.76. The van der Waals surface area contributed by atoms with Gasteiger partial charge in [-0.05, 0) is 52.3 Å². The van der Waals surface area contributed by atoms with E-state index in [1.165, 1.54) is 0 Å². The zero-order valence-electron chi connectivity index (χ0n) is 17.6. The third kappa shape index (κ3) is 5.48. The Bertz CT molecular complexity index is 1140. The molecule has 2 N–H and O–H groups in total. The fourth-order valence-corrected chi connectivity index (χ4v) is 5.13. The molecule has 0 saturated heterocycles. The number of nitrogens with one attached hydrogen (secondary N) is 2. The Morgan fingerprint density at radius 1 is 1.34 bits per heavy atom. The van der Waals surface area contributed by atoms with Crippen molar-refractivity contribution in [2.75, 3.05) is 12.3 Å². The van der Waals surface area contributed by atoms with Crippen LogP contribution in [0.4, 0.5) is 8.78 Å². The Kier molecular flexibility index (Phi) is 6.23. The number of para-hydroxylation sites is 1. The van der Waals surface area contributed by atoms with Gasteiger partial charge in [0.25, 0.3) is 5.91 Å². The second kappa shape index (κ2) is 8.93. The monoisotopic (exact) mass is 461 g/mol. The molecule has 170 valence electrons. The molecule has 1 aliphatic heterocycles. The first-order chi connectivity index (χ1) is 15.2. The average Bonchev–Trinajstić information content (AvgIpc) is 3.51. The Balaban J connectivity index is 1.60. The first-order valence-corrected chi connectivity index (χ1v) is 12.3. The molecule has 4 rings (SSSR count). The van der Waals surface area contributed by atoms with E-state index in [-0.39, 0.29) is 23.4 Å². The molecule has 0 radical (unpaired) electrons. The van der Waals surface area contributed by atoms with Gasteiger partial charge in [-0.15, -0.1) is 0 Å². The van der Waals surface area contributed by atoms with Crippen molar-refractivity contribution in [3.05, 3.63) is 59.4 Å². The molecule has 10 heteroatoms. The van der Waals surface area contributed by atoms with Gasteiger partial charge in [0.2, 0.25) is 11.7 Å². The fourth-order valence-electron chi connectivity index (χ4n) is 3.32. The number of alkyl halides is 2. The molecule has 1 aliphatic carbocycles. The fraction of sp³-hybridized carbons (Fsp3) is 0.409. The number of carbonyl (C=O) groups is 1. The van der Waals surface area contributed by atoms with Gasteiger partial charge in [-0.1, -0.05) is 24.3 Å². The molecule has 2 atom stereocenters. The van der Waals surface area contributed by atoms with Gasteiger partial charge in [-0.2, -0.15) is 13.8 Å². The van der Waals surface area contributed by atoms with Crippen LogP contribution >= 0.6 is 0 Å². The van der Waals surface area contributed by atoms with Crippen LogP contribution in [0.1, 0.15) is 42.4 Å². The van der Waals surface area contributed by atoms with Crippen molar-refractivity contribution in [2.45, 2.75) is 38.2 Å². The lowest BCUT2D eigenvalue weighted by Gasteiger charge is -2.17. The van der Waals surface area contributed by atoms with E-state index in [4.69, 9.17) is 9.52 Å². The number of aromatic nitrogens is 2. The largest absolute Gasteiger partial charge is 0.438 e. The minimum Gasteiger partial charge on any atom is -0.438 e. The highest BCUT2D eigenvalue weighted by Crippen LogP contribution is 2.34. The van der Waals surface area contributed by atoms with Crippen LogP contribution < -0.4 is 10.1 Å². The maximum Gasteiger partial charge on any atom is 0.303 e. The van der Waals surface area contributed by atoms with E-state index in [0.29, 0.717) is 19.2 Å². The smallest absolute Gasteiger partial charge is 0.303 e. The summed E-state index contributed by atoms with van der Waals surface area (Å²) in [7, 11) is -1.87. The predicted molar refractivity (Wildman–Crippen MR) is 118 cm³/mol. The maximum absolute atomic E-state index is 13.8. The number of amides is 1. The maximum atomic E-state index is 13.8. The number of carbonyl (C=O) groups excluding carboxylic acids is 1. The summed E-state index contributed by atoms with van der Waals surface area (Å²) in [5.41, 5.74) is -0.0283. The highest BCUT2D eigenvalue weighted by molar-refractivity contribution is 7.97.